The third-order valence-corrected chi connectivity index (χ3v) is 3.76. The molecule has 0 saturated heterocycles. The predicted octanol–water partition coefficient (Wildman–Crippen LogP) is 3.02. The first-order chi connectivity index (χ1) is 11.6. The lowest BCUT2D eigenvalue weighted by atomic mass is 10.1. The molecule has 4 heteroatoms. The van der Waals surface area contributed by atoms with Crippen molar-refractivity contribution in [1.29, 1.82) is 0 Å². The zero-order chi connectivity index (χ0) is 16.9. The Bertz CT molecular complexity index is 928. The lowest BCUT2D eigenvalue weighted by Gasteiger charge is -2.13. The molecule has 3 rings (SSSR count). The Morgan fingerprint density at radius 1 is 1.17 bits per heavy atom. The minimum atomic E-state index is -0.123. The van der Waals surface area contributed by atoms with Crippen LogP contribution in [0.1, 0.15) is 15.9 Å². The number of fused-ring (bicyclic) bond motifs is 1. The van der Waals surface area contributed by atoms with Gasteiger partial charge >= 0.3 is 0 Å². The molecule has 2 aromatic carbocycles. The quantitative estimate of drug-likeness (QED) is 0.730. The Balaban J connectivity index is 1.65. The van der Waals surface area contributed by atoms with Gasteiger partial charge in [-0.2, -0.15) is 0 Å². The van der Waals surface area contributed by atoms with E-state index in [1.54, 1.807) is 0 Å². The summed E-state index contributed by atoms with van der Waals surface area (Å²) in [5.41, 5.74) is 3.59. The zero-order valence-electron chi connectivity index (χ0n) is 13.8. The Kier molecular flexibility index (Phi) is 4.53. The minimum Gasteiger partial charge on any atom is -0.377 e. The normalized spacial score (nSPS) is 10.1. The van der Waals surface area contributed by atoms with Crippen molar-refractivity contribution in [3.8, 4) is 11.8 Å². The highest BCUT2D eigenvalue weighted by molar-refractivity contribution is 5.98. The number of para-hydroxylation sites is 1. The summed E-state index contributed by atoms with van der Waals surface area (Å²) in [6, 6.07) is 15.5. The average molecular weight is 317 g/mol. The first-order valence-electron chi connectivity index (χ1n) is 7.76. The number of amides is 1. The Morgan fingerprint density at radius 3 is 2.83 bits per heavy atom. The molecular formula is C20H19N3O. The van der Waals surface area contributed by atoms with Gasteiger partial charge in [0.1, 0.15) is 0 Å². The van der Waals surface area contributed by atoms with Crippen LogP contribution in [0, 0.1) is 11.8 Å². The molecule has 120 valence electrons. The molecule has 2 N–H and O–H groups in total. The lowest BCUT2D eigenvalue weighted by Crippen LogP contribution is -2.23. The van der Waals surface area contributed by atoms with Crippen molar-refractivity contribution in [2.45, 2.75) is 0 Å². The van der Waals surface area contributed by atoms with E-state index in [9.17, 15) is 4.79 Å². The van der Waals surface area contributed by atoms with Gasteiger partial charge in [0.15, 0.2) is 0 Å². The number of hydrogen-bond acceptors (Lipinski definition) is 2. The molecular weight excluding hydrogens is 298 g/mol. The van der Waals surface area contributed by atoms with Crippen molar-refractivity contribution in [3.05, 3.63) is 65.9 Å². The third-order valence-electron chi connectivity index (χ3n) is 3.76. The number of anilines is 1. The highest BCUT2D eigenvalue weighted by Gasteiger charge is 2.05. The maximum Gasteiger partial charge on any atom is 0.252 e. The van der Waals surface area contributed by atoms with Gasteiger partial charge in [-0.25, -0.2) is 0 Å². The van der Waals surface area contributed by atoms with E-state index in [2.05, 4.69) is 22.1 Å². The van der Waals surface area contributed by atoms with Crippen LogP contribution >= 0.6 is 0 Å². The smallest absolute Gasteiger partial charge is 0.252 e. The van der Waals surface area contributed by atoms with Gasteiger partial charge in [-0.15, -0.1) is 0 Å². The fourth-order valence-electron chi connectivity index (χ4n) is 2.52. The molecule has 3 aromatic rings. The number of hydrogen-bond donors (Lipinski definition) is 2. The van der Waals surface area contributed by atoms with Crippen molar-refractivity contribution in [1.82, 2.24) is 10.3 Å². The standard InChI is InChI=1S/C20H19N3O/c1-23(2)19-8-4-3-6-16(19)7-5-12-22-20(24)17-10-9-15-11-13-21-18(15)14-17/h3-4,6,8-11,13-14,21H,12H2,1-2H3,(H,22,24). The van der Waals surface area contributed by atoms with Gasteiger partial charge in [0.2, 0.25) is 0 Å². The fourth-order valence-corrected chi connectivity index (χ4v) is 2.52. The molecule has 0 radical (unpaired) electrons. The molecule has 0 atom stereocenters. The van der Waals surface area contributed by atoms with Gasteiger partial charge in [0.05, 0.1) is 12.2 Å². The summed E-state index contributed by atoms with van der Waals surface area (Å²) in [7, 11) is 3.97. The molecule has 0 fully saturated rings. The van der Waals surface area contributed by atoms with E-state index in [0.717, 1.165) is 22.2 Å². The molecule has 1 heterocycles. The van der Waals surface area contributed by atoms with Crippen molar-refractivity contribution in [2.75, 3.05) is 25.5 Å². The molecule has 0 aliphatic rings. The Labute approximate surface area is 141 Å². The van der Waals surface area contributed by atoms with Crippen molar-refractivity contribution in [3.63, 3.8) is 0 Å². The maximum atomic E-state index is 12.2. The number of nitrogens with zero attached hydrogens (tertiary/aromatic N) is 1. The maximum absolute atomic E-state index is 12.2. The minimum absolute atomic E-state index is 0.123. The molecule has 1 aromatic heterocycles. The fraction of sp³-hybridized carbons (Fsp3) is 0.150. The Hall–Kier alpha value is -3.19. The van der Waals surface area contributed by atoms with Crippen LogP contribution in [0.3, 0.4) is 0 Å². The summed E-state index contributed by atoms with van der Waals surface area (Å²) in [6.07, 6.45) is 1.86. The van der Waals surface area contributed by atoms with Crippen LogP contribution in [0.4, 0.5) is 5.69 Å². The van der Waals surface area contributed by atoms with E-state index in [0.29, 0.717) is 12.1 Å². The highest BCUT2D eigenvalue weighted by Crippen LogP contribution is 2.16. The van der Waals surface area contributed by atoms with Gasteiger partial charge in [0, 0.05) is 36.9 Å². The zero-order valence-corrected chi connectivity index (χ0v) is 13.8. The summed E-state index contributed by atoms with van der Waals surface area (Å²) >= 11 is 0. The predicted molar refractivity (Wildman–Crippen MR) is 98.3 cm³/mol. The average Bonchev–Trinajstić information content (AvgIpc) is 3.06. The molecule has 24 heavy (non-hydrogen) atoms. The second kappa shape index (κ2) is 6.93. The second-order valence-corrected chi connectivity index (χ2v) is 5.68. The number of H-pyrrole nitrogens is 1. The van der Waals surface area contributed by atoms with Gasteiger partial charge < -0.3 is 15.2 Å². The summed E-state index contributed by atoms with van der Waals surface area (Å²) in [6.45, 7) is 0.309. The van der Waals surface area contributed by atoms with Crippen LogP contribution in [-0.4, -0.2) is 31.5 Å². The van der Waals surface area contributed by atoms with Gasteiger partial charge in [-0.05, 0) is 35.7 Å². The molecule has 0 unspecified atom stereocenters. The number of benzene rings is 2. The lowest BCUT2D eigenvalue weighted by molar-refractivity contribution is 0.0959. The molecule has 0 aliphatic heterocycles. The van der Waals surface area contributed by atoms with E-state index >= 15 is 0 Å². The number of nitrogens with one attached hydrogen (secondary N) is 2. The van der Waals surface area contributed by atoms with Crippen LogP contribution in [0.5, 0.6) is 0 Å². The molecule has 0 bridgehead atoms. The van der Waals surface area contributed by atoms with Crippen LogP contribution in [0.2, 0.25) is 0 Å². The van der Waals surface area contributed by atoms with Gasteiger partial charge in [-0.1, -0.05) is 30.0 Å². The number of rotatable bonds is 3. The summed E-state index contributed by atoms with van der Waals surface area (Å²) in [4.78, 5) is 17.3. The number of aromatic amines is 1. The van der Waals surface area contributed by atoms with Gasteiger partial charge in [0.25, 0.3) is 5.91 Å². The van der Waals surface area contributed by atoms with Crippen molar-refractivity contribution < 1.29 is 4.79 Å². The topological polar surface area (TPSA) is 48.1 Å². The van der Waals surface area contributed by atoms with E-state index in [1.165, 1.54) is 0 Å². The van der Waals surface area contributed by atoms with E-state index in [-0.39, 0.29) is 5.91 Å². The highest BCUT2D eigenvalue weighted by atomic mass is 16.1. The molecule has 4 nitrogen and oxygen atoms in total. The van der Waals surface area contributed by atoms with E-state index in [4.69, 9.17) is 0 Å². The van der Waals surface area contributed by atoms with Crippen LogP contribution in [-0.2, 0) is 0 Å². The number of carbonyl (C=O) groups is 1. The largest absolute Gasteiger partial charge is 0.377 e. The third kappa shape index (κ3) is 3.41. The molecule has 0 saturated carbocycles. The van der Waals surface area contributed by atoms with E-state index in [1.807, 2.05) is 73.7 Å². The second-order valence-electron chi connectivity index (χ2n) is 5.68. The molecule has 1 amide bonds. The molecule has 0 aliphatic carbocycles. The number of carbonyl (C=O) groups excluding carboxylic acids is 1. The number of aromatic nitrogens is 1. The van der Waals surface area contributed by atoms with Crippen LogP contribution in [0.25, 0.3) is 10.9 Å². The molecule has 0 spiro atoms. The summed E-state index contributed by atoms with van der Waals surface area (Å²) < 4.78 is 0. The van der Waals surface area contributed by atoms with E-state index < -0.39 is 0 Å². The first-order valence-corrected chi connectivity index (χ1v) is 7.76. The van der Waals surface area contributed by atoms with Gasteiger partial charge in [-0.3, -0.25) is 4.79 Å². The summed E-state index contributed by atoms with van der Waals surface area (Å²) in [5, 5.41) is 3.92. The monoisotopic (exact) mass is 317 g/mol. The Morgan fingerprint density at radius 2 is 2.00 bits per heavy atom. The first kappa shape index (κ1) is 15.7. The van der Waals surface area contributed by atoms with Crippen molar-refractivity contribution >= 4 is 22.5 Å². The SMILES string of the molecule is CN(C)c1ccccc1C#CCNC(=O)c1ccc2cc[nH]c2c1. The van der Waals surface area contributed by atoms with Crippen molar-refractivity contribution in [2.24, 2.45) is 0 Å². The van der Waals surface area contributed by atoms with Crippen LogP contribution < -0.4 is 10.2 Å². The van der Waals surface area contributed by atoms with Crippen LogP contribution in [0.15, 0.2) is 54.7 Å². The summed E-state index contributed by atoms with van der Waals surface area (Å²) in [5.74, 6) is 6.00.